The number of sulfonamides is 1. The van der Waals surface area contributed by atoms with Crippen molar-refractivity contribution in [3.63, 3.8) is 0 Å². The van der Waals surface area contributed by atoms with Crippen molar-refractivity contribution in [2.75, 3.05) is 26.2 Å². The summed E-state index contributed by atoms with van der Waals surface area (Å²) in [6.07, 6.45) is 0.331. The van der Waals surface area contributed by atoms with E-state index >= 15 is 0 Å². The lowest BCUT2D eigenvalue weighted by Crippen LogP contribution is -2.50. The van der Waals surface area contributed by atoms with Crippen LogP contribution in [0.5, 0.6) is 0 Å². The minimum atomic E-state index is -3.64. The van der Waals surface area contributed by atoms with Gasteiger partial charge in [0.1, 0.15) is 4.90 Å². The van der Waals surface area contributed by atoms with Gasteiger partial charge >= 0.3 is 0 Å². The van der Waals surface area contributed by atoms with E-state index in [4.69, 9.17) is 11.6 Å². The van der Waals surface area contributed by atoms with Crippen LogP contribution in [-0.4, -0.2) is 49.7 Å². The topological polar surface area (TPSA) is 57.7 Å². The molecular weight excluding hydrogens is 372 g/mol. The first kappa shape index (κ1) is 18.9. The van der Waals surface area contributed by atoms with Crippen molar-refractivity contribution in [3.05, 3.63) is 64.7 Å². The molecule has 0 saturated carbocycles. The molecule has 138 valence electrons. The van der Waals surface area contributed by atoms with Gasteiger partial charge in [0.15, 0.2) is 0 Å². The van der Waals surface area contributed by atoms with Crippen molar-refractivity contribution < 1.29 is 13.2 Å². The van der Waals surface area contributed by atoms with E-state index in [1.165, 1.54) is 10.4 Å². The van der Waals surface area contributed by atoms with Crippen LogP contribution in [-0.2, 0) is 21.2 Å². The molecule has 0 bridgehead atoms. The molecule has 1 heterocycles. The number of aryl methyl sites for hydroxylation is 1. The third-order valence-electron chi connectivity index (χ3n) is 4.52. The van der Waals surface area contributed by atoms with E-state index in [1.807, 2.05) is 31.2 Å². The molecule has 0 atom stereocenters. The van der Waals surface area contributed by atoms with Gasteiger partial charge in [0, 0.05) is 26.2 Å². The third-order valence-corrected chi connectivity index (χ3v) is 6.92. The fourth-order valence-corrected chi connectivity index (χ4v) is 4.88. The Morgan fingerprint density at radius 2 is 1.62 bits per heavy atom. The minimum absolute atomic E-state index is 0.0173. The maximum absolute atomic E-state index is 12.7. The van der Waals surface area contributed by atoms with Crippen molar-refractivity contribution in [2.24, 2.45) is 0 Å². The Morgan fingerprint density at radius 3 is 2.23 bits per heavy atom. The molecule has 0 N–H and O–H groups in total. The van der Waals surface area contributed by atoms with E-state index < -0.39 is 10.0 Å². The quantitative estimate of drug-likeness (QED) is 0.803. The molecule has 26 heavy (non-hydrogen) atoms. The SMILES string of the molecule is Cc1ccc(CC(=O)N2CCN(S(=O)(=O)c3ccccc3Cl)CC2)cc1. The highest BCUT2D eigenvalue weighted by Crippen LogP contribution is 2.25. The molecule has 0 unspecified atom stereocenters. The van der Waals surface area contributed by atoms with E-state index in [0.29, 0.717) is 19.5 Å². The average molecular weight is 393 g/mol. The van der Waals surface area contributed by atoms with Gasteiger partial charge in [0.2, 0.25) is 15.9 Å². The first-order valence-corrected chi connectivity index (χ1v) is 10.3. The molecule has 0 radical (unpaired) electrons. The number of carbonyl (C=O) groups is 1. The zero-order valence-corrected chi connectivity index (χ0v) is 16.1. The van der Waals surface area contributed by atoms with Crippen LogP contribution in [0, 0.1) is 6.92 Å². The second-order valence-corrected chi connectivity index (χ2v) is 8.69. The third kappa shape index (κ3) is 4.09. The first-order chi connectivity index (χ1) is 12.4. The zero-order valence-electron chi connectivity index (χ0n) is 14.6. The number of nitrogens with zero attached hydrogens (tertiary/aromatic N) is 2. The van der Waals surface area contributed by atoms with E-state index in [2.05, 4.69) is 0 Å². The van der Waals surface area contributed by atoms with E-state index in [0.717, 1.165) is 11.1 Å². The van der Waals surface area contributed by atoms with Crippen LogP contribution in [0.1, 0.15) is 11.1 Å². The molecule has 0 spiro atoms. The monoisotopic (exact) mass is 392 g/mol. The molecule has 1 aliphatic rings. The Kier molecular flexibility index (Phi) is 5.65. The number of rotatable bonds is 4. The fourth-order valence-electron chi connectivity index (χ4n) is 2.96. The predicted molar refractivity (Wildman–Crippen MR) is 102 cm³/mol. The largest absolute Gasteiger partial charge is 0.340 e. The summed E-state index contributed by atoms with van der Waals surface area (Å²) < 4.78 is 26.9. The van der Waals surface area contributed by atoms with Gasteiger partial charge in [-0.15, -0.1) is 0 Å². The van der Waals surface area contributed by atoms with E-state index in [-0.39, 0.29) is 28.9 Å². The molecule has 1 amide bonds. The molecule has 1 fully saturated rings. The Hall–Kier alpha value is -1.89. The van der Waals surface area contributed by atoms with Gasteiger partial charge in [-0.2, -0.15) is 4.31 Å². The maximum atomic E-state index is 12.7. The standard InChI is InChI=1S/C19H21ClN2O3S/c1-15-6-8-16(9-7-15)14-19(23)21-10-12-22(13-11-21)26(24,25)18-5-3-2-4-17(18)20/h2-9H,10-14H2,1H3. The molecule has 7 heteroatoms. The minimum Gasteiger partial charge on any atom is -0.340 e. The van der Waals surface area contributed by atoms with Crippen LogP contribution in [0.2, 0.25) is 5.02 Å². The number of hydrogen-bond donors (Lipinski definition) is 0. The summed E-state index contributed by atoms with van der Waals surface area (Å²) in [6, 6.07) is 14.3. The summed E-state index contributed by atoms with van der Waals surface area (Å²) in [6.45, 7) is 3.31. The van der Waals surface area contributed by atoms with E-state index in [1.54, 1.807) is 23.1 Å². The number of amides is 1. The van der Waals surface area contributed by atoms with Crippen LogP contribution >= 0.6 is 11.6 Å². The molecule has 1 aliphatic heterocycles. The van der Waals surface area contributed by atoms with Crippen molar-refractivity contribution in [1.29, 1.82) is 0 Å². The molecule has 3 rings (SSSR count). The number of benzene rings is 2. The summed E-state index contributed by atoms with van der Waals surface area (Å²) in [5.74, 6) is 0.0173. The molecule has 0 aromatic heterocycles. The summed E-state index contributed by atoms with van der Waals surface area (Å²) in [4.78, 5) is 14.3. The smallest absolute Gasteiger partial charge is 0.244 e. The molecule has 2 aromatic carbocycles. The number of hydrogen-bond acceptors (Lipinski definition) is 3. The lowest BCUT2D eigenvalue weighted by molar-refractivity contribution is -0.131. The summed E-state index contributed by atoms with van der Waals surface area (Å²) >= 11 is 6.04. The van der Waals surface area contributed by atoms with Gasteiger partial charge in [-0.25, -0.2) is 8.42 Å². The van der Waals surface area contributed by atoms with Gasteiger partial charge in [0.05, 0.1) is 11.4 Å². The van der Waals surface area contributed by atoms with Crippen LogP contribution in [0.15, 0.2) is 53.4 Å². The molecule has 0 aliphatic carbocycles. The summed E-state index contributed by atoms with van der Waals surface area (Å²) in [7, 11) is -3.64. The first-order valence-electron chi connectivity index (χ1n) is 8.46. The molecule has 1 saturated heterocycles. The highest BCUT2D eigenvalue weighted by atomic mass is 35.5. The lowest BCUT2D eigenvalue weighted by Gasteiger charge is -2.34. The molecule has 5 nitrogen and oxygen atoms in total. The van der Waals surface area contributed by atoms with Gasteiger partial charge in [-0.1, -0.05) is 53.6 Å². The van der Waals surface area contributed by atoms with Gasteiger partial charge in [-0.3, -0.25) is 4.79 Å². The van der Waals surface area contributed by atoms with Crippen LogP contribution in [0.4, 0.5) is 0 Å². The Labute approximate surface area is 159 Å². The zero-order chi connectivity index (χ0) is 18.7. The van der Waals surface area contributed by atoms with Gasteiger partial charge in [-0.05, 0) is 24.6 Å². The van der Waals surface area contributed by atoms with Crippen LogP contribution in [0.25, 0.3) is 0 Å². The predicted octanol–water partition coefficient (Wildman–Crippen LogP) is 2.72. The van der Waals surface area contributed by atoms with Crippen molar-refractivity contribution in [1.82, 2.24) is 9.21 Å². The van der Waals surface area contributed by atoms with Crippen molar-refractivity contribution in [3.8, 4) is 0 Å². The van der Waals surface area contributed by atoms with Gasteiger partial charge in [0.25, 0.3) is 0 Å². The van der Waals surface area contributed by atoms with Crippen LogP contribution in [0.3, 0.4) is 0 Å². The average Bonchev–Trinajstić information content (AvgIpc) is 2.64. The fraction of sp³-hybridized carbons (Fsp3) is 0.316. The second-order valence-electron chi connectivity index (χ2n) is 6.38. The highest BCUT2D eigenvalue weighted by Gasteiger charge is 2.31. The van der Waals surface area contributed by atoms with Crippen molar-refractivity contribution in [2.45, 2.75) is 18.2 Å². The van der Waals surface area contributed by atoms with Gasteiger partial charge < -0.3 is 4.90 Å². The normalized spacial score (nSPS) is 15.8. The van der Waals surface area contributed by atoms with E-state index in [9.17, 15) is 13.2 Å². The Morgan fingerprint density at radius 1 is 1.00 bits per heavy atom. The van der Waals surface area contributed by atoms with Crippen LogP contribution < -0.4 is 0 Å². The maximum Gasteiger partial charge on any atom is 0.244 e. The number of carbonyl (C=O) groups excluding carboxylic acids is 1. The molecular formula is C19H21ClN2O3S. The Balaban J connectivity index is 1.62. The number of piperazine rings is 1. The molecule has 2 aromatic rings. The van der Waals surface area contributed by atoms with Crippen molar-refractivity contribution >= 4 is 27.5 Å². The summed E-state index contributed by atoms with van der Waals surface area (Å²) in [5.41, 5.74) is 2.12. The summed E-state index contributed by atoms with van der Waals surface area (Å²) in [5, 5.41) is 0.213. The lowest BCUT2D eigenvalue weighted by atomic mass is 10.1. The second kappa shape index (κ2) is 7.78. The Bertz CT molecular complexity index is 889. The number of halogens is 1. The highest BCUT2D eigenvalue weighted by molar-refractivity contribution is 7.89.